The summed E-state index contributed by atoms with van der Waals surface area (Å²) in [6.07, 6.45) is -9.25. The van der Waals surface area contributed by atoms with Crippen molar-refractivity contribution in [3.05, 3.63) is 29.3 Å². The lowest BCUT2D eigenvalue weighted by atomic mass is 9.99. The molecule has 2 rings (SSSR count). The highest BCUT2D eigenvalue weighted by Gasteiger charge is 2.49. The van der Waals surface area contributed by atoms with E-state index in [2.05, 4.69) is 0 Å². The van der Waals surface area contributed by atoms with Gasteiger partial charge in [-0.15, -0.1) is 0 Å². The minimum atomic E-state index is -1.88. The number of aliphatic hydroxyl groups excluding tert-OH is 3. The van der Waals surface area contributed by atoms with E-state index in [-0.39, 0.29) is 0 Å². The third kappa shape index (κ3) is 4.43. The molecule has 1 saturated heterocycles. The van der Waals surface area contributed by atoms with Gasteiger partial charge >= 0.3 is 11.9 Å². The van der Waals surface area contributed by atoms with Crippen LogP contribution in [-0.4, -0.2) is 68.7 Å². The van der Waals surface area contributed by atoms with Gasteiger partial charge in [0.1, 0.15) is 24.1 Å². The number of benzene rings is 1. The standard InChI is InChI=1S/C16H19ClO9/c1-16(2,26-8-5-3-7(17)4-6-8)15(23)25-14-11(20)9(18)10(19)12(24-14)13(21)22/h3-6,9-12,14,18-20H,1-2H3,(H,21,22)/t9-,10-,11+,12-,14-/m0/s1. The number of hydrogen-bond acceptors (Lipinski definition) is 8. The van der Waals surface area contributed by atoms with E-state index in [4.69, 9.17) is 30.9 Å². The molecule has 1 heterocycles. The summed E-state index contributed by atoms with van der Waals surface area (Å²) in [6, 6.07) is 6.18. The number of ether oxygens (including phenoxy) is 3. The van der Waals surface area contributed by atoms with Crippen molar-refractivity contribution in [2.75, 3.05) is 0 Å². The number of aliphatic carboxylic acids is 1. The number of hydrogen-bond donors (Lipinski definition) is 4. The van der Waals surface area contributed by atoms with Gasteiger partial charge in [0.05, 0.1) is 0 Å². The fourth-order valence-corrected chi connectivity index (χ4v) is 2.36. The molecule has 0 saturated carbocycles. The van der Waals surface area contributed by atoms with Gasteiger partial charge in [0.2, 0.25) is 6.29 Å². The second kappa shape index (κ2) is 7.77. The van der Waals surface area contributed by atoms with Crippen molar-refractivity contribution in [3.63, 3.8) is 0 Å². The number of carbonyl (C=O) groups excluding carboxylic acids is 1. The van der Waals surface area contributed by atoms with E-state index in [1.54, 1.807) is 12.1 Å². The molecule has 144 valence electrons. The molecule has 1 fully saturated rings. The van der Waals surface area contributed by atoms with Crippen LogP contribution in [0.3, 0.4) is 0 Å². The molecule has 0 unspecified atom stereocenters. The Morgan fingerprint density at radius 1 is 1.08 bits per heavy atom. The quantitative estimate of drug-likeness (QED) is 0.508. The van der Waals surface area contributed by atoms with Crippen LogP contribution in [0.2, 0.25) is 5.02 Å². The van der Waals surface area contributed by atoms with Gasteiger partial charge in [0.15, 0.2) is 11.7 Å². The normalized spacial score (nSPS) is 29.1. The van der Waals surface area contributed by atoms with Crippen molar-refractivity contribution >= 4 is 23.5 Å². The van der Waals surface area contributed by atoms with Gasteiger partial charge < -0.3 is 34.6 Å². The first-order valence-electron chi connectivity index (χ1n) is 7.61. The Hall–Kier alpha value is -1.91. The first kappa shape index (κ1) is 20.4. The van der Waals surface area contributed by atoms with E-state index in [0.717, 1.165) is 0 Å². The summed E-state index contributed by atoms with van der Waals surface area (Å²) >= 11 is 5.77. The maximum atomic E-state index is 12.4. The first-order valence-corrected chi connectivity index (χ1v) is 7.99. The molecule has 26 heavy (non-hydrogen) atoms. The molecule has 0 bridgehead atoms. The van der Waals surface area contributed by atoms with Gasteiger partial charge in [-0.25, -0.2) is 9.59 Å². The van der Waals surface area contributed by atoms with Crippen LogP contribution in [0, 0.1) is 0 Å². The van der Waals surface area contributed by atoms with E-state index >= 15 is 0 Å². The predicted octanol–water partition coefficient (Wildman–Crippen LogP) is -0.0672. The van der Waals surface area contributed by atoms with Crippen LogP contribution in [-0.2, 0) is 19.1 Å². The Labute approximate surface area is 153 Å². The molecule has 1 aliphatic rings. The zero-order chi connectivity index (χ0) is 19.6. The fourth-order valence-electron chi connectivity index (χ4n) is 2.24. The predicted molar refractivity (Wildman–Crippen MR) is 86.6 cm³/mol. The van der Waals surface area contributed by atoms with E-state index in [1.807, 2.05) is 0 Å². The second-order valence-electron chi connectivity index (χ2n) is 6.21. The van der Waals surface area contributed by atoms with Gasteiger partial charge in [0.25, 0.3) is 0 Å². The summed E-state index contributed by atoms with van der Waals surface area (Å²) in [6.45, 7) is 2.78. The SMILES string of the molecule is CC(C)(Oc1ccc(Cl)cc1)C(=O)O[C@@H]1O[C@H](C(=O)O)[C@@H](O)[C@H](O)[C@H]1O. The van der Waals surface area contributed by atoms with Gasteiger partial charge in [-0.05, 0) is 38.1 Å². The molecular formula is C16H19ClO9. The van der Waals surface area contributed by atoms with Crippen LogP contribution in [0.4, 0.5) is 0 Å². The number of carboxylic acid groups (broad SMARTS) is 1. The Morgan fingerprint density at radius 2 is 1.65 bits per heavy atom. The Kier molecular flexibility index (Phi) is 6.09. The molecular weight excluding hydrogens is 372 g/mol. The van der Waals surface area contributed by atoms with Gasteiger partial charge in [-0.3, -0.25) is 0 Å². The van der Waals surface area contributed by atoms with Crippen LogP contribution in [0.1, 0.15) is 13.8 Å². The highest BCUT2D eigenvalue weighted by atomic mass is 35.5. The van der Waals surface area contributed by atoms with Crippen LogP contribution < -0.4 is 4.74 Å². The van der Waals surface area contributed by atoms with E-state index in [1.165, 1.54) is 26.0 Å². The molecule has 0 aromatic heterocycles. The van der Waals surface area contributed by atoms with Crippen molar-refractivity contribution in [2.24, 2.45) is 0 Å². The molecule has 1 aliphatic heterocycles. The van der Waals surface area contributed by atoms with E-state index in [9.17, 15) is 24.9 Å². The number of esters is 1. The number of halogens is 1. The molecule has 0 radical (unpaired) electrons. The summed E-state index contributed by atoms with van der Waals surface area (Å²) in [4.78, 5) is 23.4. The Balaban J connectivity index is 2.08. The summed E-state index contributed by atoms with van der Waals surface area (Å²) in [5, 5.41) is 38.7. The minimum absolute atomic E-state index is 0.320. The molecule has 1 aromatic carbocycles. The second-order valence-corrected chi connectivity index (χ2v) is 6.64. The summed E-state index contributed by atoms with van der Waals surface area (Å²) in [5.41, 5.74) is -1.53. The first-order chi connectivity index (χ1) is 12.0. The van der Waals surface area contributed by atoms with Crippen molar-refractivity contribution in [1.29, 1.82) is 0 Å². The highest BCUT2D eigenvalue weighted by Crippen LogP contribution is 2.26. The topological polar surface area (TPSA) is 143 Å². The molecule has 10 heteroatoms. The summed E-state index contributed by atoms with van der Waals surface area (Å²) < 4.78 is 15.4. The average Bonchev–Trinajstić information content (AvgIpc) is 2.56. The third-order valence-electron chi connectivity index (χ3n) is 3.71. The van der Waals surface area contributed by atoms with E-state index < -0.39 is 48.2 Å². The average molecular weight is 391 g/mol. The van der Waals surface area contributed by atoms with Crippen molar-refractivity contribution in [1.82, 2.24) is 0 Å². The monoisotopic (exact) mass is 390 g/mol. The number of aliphatic hydroxyl groups is 3. The van der Waals surface area contributed by atoms with Crippen molar-refractivity contribution in [2.45, 2.75) is 50.2 Å². The van der Waals surface area contributed by atoms with Crippen molar-refractivity contribution < 1.29 is 44.2 Å². The highest BCUT2D eigenvalue weighted by molar-refractivity contribution is 6.30. The number of carbonyl (C=O) groups is 2. The lowest BCUT2D eigenvalue weighted by molar-refractivity contribution is -0.289. The summed E-state index contributed by atoms with van der Waals surface area (Å²) in [7, 11) is 0. The molecule has 1 aromatic rings. The molecule has 5 atom stereocenters. The van der Waals surface area contributed by atoms with Crippen LogP contribution in [0.5, 0.6) is 5.75 Å². The number of rotatable bonds is 5. The zero-order valence-electron chi connectivity index (χ0n) is 13.9. The molecule has 0 spiro atoms. The lowest BCUT2D eigenvalue weighted by Gasteiger charge is -2.39. The third-order valence-corrected chi connectivity index (χ3v) is 3.97. The Bertz CT molecular complexity index is 660. The van der Waals surface area contributed by atoms with Crippen LogP contribution in [0.25, 0.3) is 0 Å². The van der Waals surface area contributed by atoms with Gasteiger partial charge in [-0.1, -0.05) is 11.6 Å². The maximum Gasteiger partial charge on any atom is 0.352 e. The Morgan fingerprint density at radius 3 is 2.19 bits per heavy atom. The smallest absolute Gasteiger partial charge is 0.352 e. The van der Waals surface area contributed by atoms with Crippen LogP contribution >= 0.6 is 11.6 Å². The zero-order valence-corrected chi connectivity index (χ0v) is 14.7. The largest absolute Gasteiger partial charge is 0.479 e. The van der Waals surface area contributed by atoms with Crippen LogP contribution in [0.15, 0.2) is 24.3 Å². The van der Waals surface area contributed by atoms with Gasteiger partial charge in [0, 0.05) is 5.02 Å². The lowest BCUT2D eigenvalue weighted by Crippen LogP contribution is -2.61. The molecule has 9 nitrogen and oxygen atoms in total. The molecule has 4 N–H and O–H groups in total. The maximum absolute atomic E-state index is 12.4. The van der Waals surface area contributed by atoms with Gasteiger partial charge in [-0.2, -0.15) is 0 Å². The molecule has 0 aliphatic carbocycles. The fraction of sp³-hybridized carbons (Fsp3) is 0.500. The summed E-state index contributed by atoms with van der Waals surface area (Å²) in [5.74, 6) is -2.24. The minimum Gasteiger partial charge on any atom is -0.479 e. The number of carboxylic acids is 1. The molecule has 0 amide bonds. The van der Waals surface area contributed by atoms with Crippen molar-refractivity contribution in [3.8, 4) is 5.75 Å². The van der Waals surface area contributed by atoms with E-state index in [0.29, 0.717) is 10.8 Å².